The zero-order chi connectivity index (χ0) is 32.4. The maximum Gasteiger partial charge on any atom is 0.304 e. The van der Waals surface area contributed by atoms with Crippen LogP contribution in [0, 0.1) is 22.7 Å². The van der Waals surface area contributed by atoms with Gasteiger partial charge in [0, 0.05) is 28.5 Å². The van der Waals surface area contributed by atoms with Crippen molar-refractivity contribution >= 4 is 45.2 Å². The predicted octanol–water partition coefficient (Wildman–Crippen LogP) is 6.13. The van der Waals surface area contributed by atoms with Crippen LogP contribution >= 0.6 is 23.2 Å². The lowest BCUT2D eigenvalue weighted by molar-refractivity contribution is -0.161. The zero-order valence-electron chi connectivity index (χ0n) is 24.5. The highest BCUT2D eigenvalue weighted by Gasteiger charge is 2.54. The largest absolute Gasteiger partial charge is 0.481 e. The number of nitrogens with zero attached hydrogens (tertiary/aromatic N) is 2. The maximum absolute atomic E-state index is 14.5. The van der Waals surface area contributed by atoms with Gasteiger partial charge in [0.15, 0.2) is 0 Å². The van der Waals surface area contributed by atoms with E-state index in [1.54, 1.807) is 25.1 Å². The Hall–Kier alpha value is -3.46. The molecule has 0 spiro atoms. The van der Waals surface area contributed by atoms with E-state index in [1.165, 1.54) is 24.3 Å². The van der Waals surface area contributed by atoms with Gasteiger partial charge >= 0.3 is 5.97 Å². The summed E-state index contributed by atoms with van der Waals surface area (Å²) in [7, 11) is -4.15. The molecule has 2 aliphatic rings. The van der Waals surface area contributed by atoms with Crippen LogP contribution in [-0.4, -0.2) is 49.6 Å². The van der Waals surface area contributed by atoms with Crippen LogP contribution in [0.5, 0.6) is 0 Å². The second kappa shape index (κ2) is 13.5. The molecule has 1 saturated carbocycles. The van der Waals surface area contributed by atoms with Gasteiger partial charge in [-0.2, -0.15) is 13.7 Å². The lowest BCUT2D eigenvalue weighted by atomic mass is 9.67. The van der Waals surface area contributed by atoms with Crippen molar-refractivity contribution in [1.29, 1.82) is 5.26 Å². The van der Waals surface area contributed by atoms with Crippen molar-refractivity contribution in [2.45, 2.75) is 55.5 Å². The summed E-state index contributed by atoms with van der Waals surface area (Å²) in [5.41, 5.74) is 0.711. The quantitative estimate of drug-likeness (QED) is 0.133. The number of rotatable bonds is 12. The lowest BCUT2D eigenvalue weighted by Gasteiger charge is -2.52. The minimum absolute atomic E-state index is 0.118. The highest BCUT2D eigenvalue weighted by molar-refractivity contribution is 7.86. The van der Waals surface area contributed by atoms with Crippen molar-refractivity contribution in [2.75, 3.05) is 13.3 Å². The van der Waals surface area contributed by atoms with E-state index in [2.05, 4.69) is 5.32 Å². The Labute approximate surface area is 272 Å². The molecule has 12 heteroatoms. The number of carboxylic acids is 1. The molecule has 4 unspecified atom stereocenters. The van der Waals surface area contributed by atoms with Crippen molar-refractivity contribution in [2.24, 2.45) is 11.3 Å². The summed E-state index contributed by atoms with van der Waals surface area (Å²) in [4.78, 5) is 28.3. The average molecular weight is 671 g/mol. The van der Waals surface area contributed by atoms with E-state index in [1.807, 2.05) is 41.3 Å². The molecular weight excluding hydrogens is 637 g/mol. The average Bonchev–Trinajstić information content (AvgIpc) is 3.84. The smallest absolute Gasteiger partial charge is 0.304 e. The number of carboxylic acid groups (broad SMARTS) is 1. The molecule has 236 valence electrons. The number of piperidine rings is 1. The summed E-state index contributed by atoms with van der Waals surface area (Å²) in [6.07, 6.45) is 1.67. The molecule has 1 heterocycles. The third-order valence-electron chi connectivity index (χ3n) is 8.58. The normalized spacial score (nSPS) is 22.5. The summed E-state index contributed by atoms with van der Waals surface area (Å²) in [6, 6.07) is 21.3. The summed E-state index contributed by atoms with van der Waals surface area (Å²) in [5.74, 6) is -1.52. The number of aliphatic carboxylic acids is 1. The van der Waals surface area contributed by atoms with Crippen LogP contribution in [0.25, 0.3) is 0 Å². The van der Waals surface area contributed by atoms with Crippen LogP contribution in [0.1, 0.15) is 61.3 Å². The van der Waals surface area contributed by atoms with E-state index in [0.29, 0.717) is 10.0 Å². The van der Waals surface area contributed by atoms with Gasteiger partial charge in [-0.3, -0.25) is 19.1 Å². The third kappa shape index (κ3) is 7.51. The third-order valence-corrected chi connectivity index (χ3v) is 10.3. The molecule has 5 rings (SSSR count). The fraction of sp³-hybridized carbons (Fsp3) is 0.364. The molecule has 1 saturated heterocycles. The van der Waals surface area contributed by atoms with E-state index in [9.17, 15) is 23.1 Å². The minimum Gasteiger partial charge on any atom is -0.481 e. The first-order valence-electron chi connectivity index (χ1n) is 14.6. The summed E-state index contributed by atoms with van der Waals surface area (Å²) in [5, 5.41) is 23.2. The van der Waals surface area contributed by atoms with Crippen molar-refractivity contribution in [3.63, 3.8) is 0 Å². The zero-order valence-corrected chi connectivity index (χ0v) is 26.9. The molecule has 3 aromatic rings. The number of hydrogen-bond acceptors (Lipinski definition) is 7. The number of carbonyl (C=O) groups excluding carboxylic acids is 1. The molecule has 2 fully saturated rings. The van der Waals surface area contributed by atoms with Gasteiger partial charge < -0.3 is 10.0 Å². The number of hydrogen-bond donors (Lipinski definition) is 2. The minimum atomic E-state index is -4.15. The predicted molar refractivity (Wildman–Crippen MR) is 169 cm³/mol. The molecule has 1 aliphatic carbocycles. The Bertz CT molecular complexity index is 1720. The van der Waals surface area contributed by atoms with E-state index in [4.69, 9.17) is 32.6 Å². The molecule has 3 aromatic carbocycles. The highest BCUT2D eigenvalue weighted by Crippen LogP contribution is 2.54. The number of halogens is 2. The van der Waals surface area contributed by atoms with Crippen molar-refractivity contribution in [3.05, 3.63) is 99.5 Å². The van der Waals surface area contributed by atoms with Gasteiger partial charge in [-0.15, -0.1) is 0 Å². The molecule has 9 nitrogen and oxygen atoms in total. The summed E-state index contributed by atoms with van der Waals surface area (Å²) in [6.45, 7) is 1.55. The molecule has 1 amide bonds. The van der Waals surface area contributed by atoms with Crippen molar-refractivity contribution < 1.29 is 27.3 Å². The first-order chi connectivity index (χ1) is 21.4. The van der Waals surface area contributed by atoms with E-state index < -0.39 is 27.5 Å². The van der Waals surface area contributed by atoms with Crippen LogP contribution in [0.15, 0.2) is 77.7 Å². The Morgan fingerprint density at radius 3 is 2.44 bits per heavy atom. The highest BCUT2D eigenvalue weighted by atomic mass is 35.5. The molecular formula is C33H33Cl2N3O6S. The molecule has 1 aliphatic heterocycles. The van der Waals surface area contributed by atoms with Crippen LogP contribution in [-0.2, 0) is 23.9 Å². The van der Waals surface area contributed by atoms with Crippen LogP contribution in [0.4, 0.5) is 0 Å². The Morgan fingerprint density at radius 2 is 1.80 bits per heavy atom. The summed E-state index contributed by atoms with van der Waals surface area (Å²) < 4.78 is 30.9. The Balaban J connectivity index is 1.48. The van der Waals surface area contributed by atoms with Gasteiger partial charge in [-0.05, 0) is 78.8 Å². The van der Waals surface area contributed by atoms with Gasteiger partial charge in [0.1, 0.15) is 6.73 Å². The van der Waals surface area contributed by atoms with Gasteiger partial charge in [-0.25, -0.2) is 0 Å². The Kier molecular flexibility index (Phi) is 9.87. The number of benzene rings is 3. The van der Waals surface area contributed by atoms with Crippen LogP contribution < -0.4 is 5.32 Å². The van der Waals surface area contributed by atoms with E-state index >= 15 is 0 Å². The molecule has 0 bridgehead atoms. The molecule has 0 radical (unpaired) electrons. The van der Waals surface area contributed by atoms with Crippen LogP contribution in [0.2, 0.25) is 10.0 Å². The summed E-state index contributed by atoms with van der Waals surface area (Å²) >= 11 is 12.7. The standard InChI is InChI=1S/C33H33Cl2N3O6S/c1-33(17-30(39)40)16-28(24-5-3-6-26(35)15-24)31(23-10-12-25(34)13-11-23)38(32(33)41)29(22-8-9-22)19-37-20-44-45(42,43)27-7-2-4-21(14-27)18-36/h2-7,10-15,22,28-29,31,37H,8-9,16-17,19-20H2,1H3,(H,39,40). The molecule has 0 aromatic heterocycles. The number of amides is 1. The molecule has 45 heavy (non-hydrogen) atoms. The van der Waals surface area contributed by atoms with E-state index in [-0.39, 0.29) is 60.4 Å². The Morgan fingerprint density at radius 1 is 1.09 bits per heavy atom. The number of nitrogens with one attached hydrogen (secondary N) is 1. The van der Waals surface area contributed by atoms with Gasteiger partial charge in [-0.1, -0.05) is 60.5 Å². The number of nitriles is 1. The van der Waals surface area contributed by atoms with Crippen LogP contribution in [0.3, 0.4) is 0 Å². The topological polar surface area (TPSA) is 137 Å². The molecule has 2 N–H and O–H groups in total. The first kappa shape index (κ1) is 32.9. The second-order valence-corrected chi connectivity index (χ2v) is 14.4. The van der Waals surface area contributed by atoms with Crippen molar-refractivity contribution in [1.82, 2.24) is 10.2 Å². The molecule has 4 atom stereocenters. The fourth-order valence-corrected chi connectivity index (χ4v) is 7.55. The lowest BCUT2D eigenvalue weighted by Crippen LogP contribution is -2.58. The monoisotopic (exact) mass is 669 g/mol. The van der Waals surface area contributed by atoms with Gasteiger partial charge in [0.25, 0.3) is 10.1 Å². The van der Waals surface area contributed by atoms with Crippen molar-refractivity contribution in [3.8, 4) is 6.07 Å². The van der Waals surface area contributed by atoms with Gasteiger partial charge in [0.05, 0.1) is 34.4 Å². The second-order valence-electron chi connectivity index (χ2n) is 11.9. The maximum atomic E-state index is 14.5. The number of likely N-dealkylation sites (tertiary alicyclic amines) is 1. The first-order valence-corrected chi connectivity index (χ1v) is 16.7. The number of carbonyl (C=O) groups is 2. The SMILES string of the molecule is CC1(CC(=O)O)CC(c2cccc(Cl)c2)C(c2ccc(Cl)cc2)N(C(CNCOS(=O)(=O)c2cccc(C#N)c2)C2CC2)C1=O. The van der Waals surface area contributed by atoms with Gasteiger partial charge in [0.2, 0.25) is 5.91 Å². The fourth-order valence-electron chi connectivity index (χ4n) is 6.33. The van der Waals surface area contributed by atoms with E-state index in [0.717, 1.165) is 24.0 Å².